The molecule has 0 saturated carbocycles. The SMILES string of the molecule is CC(C)(C)[C@@H](CO)NC(=O)c1ccccc1-c1ccccc1P(=O)(c1ccccc1)c1ccccc1. The first-order valence-corrected chi connectivity index (χ1v) is 13.8. The number of carbonyl (C=O) groups excluding carboxylic acids is 1. The van der Waals surface area contributed by atoms with Crippen LogP contribution >= 0.6 is 7.14 Å². The number of carbonyl (C=O) groups is 1. The topological polar surface area (TPSA) is 66.4 Å². The van der Waals surface area contributed by atoms with Crippen LogP contribution in [0, 0.1) is 5.41 Å². The smallest absolute Gasteiger partial charge is 0.252 e. The van der Waals surface area contributed by atoms with E-state index in [-0.39, 0.29) is 17.9 Å². The third-order valence-corrected chi connectivity index (χ3v) is 9.60. The molecule has 1 atom stereocenters. The van der Waals surface area contributed by atoms with E-state index in [9.17, 15) is 9.90 Å². The van der Waals surface area contributed by atoms with E-state index in [1.165, 1.54) is 0 Å². The average Bonchev–Trinajstić information content (AvgIpc) is 2.91. The molecule has 4 nitrogen and oxygen atoms in total. The molecular weight excluding hydrogens is 465 g/mol. The van der Waals surface area contributed by atoms with Gasteiger partial charge in [0.25, 0.3) is 5.91 Å². The molecule has 4 aromatic rings. The van der Waals surface area contributed by atoms with Crippen molar-refractivity contribution in [3.63, 3.8) is 0 Å². The van der Waals surface area contributed by atoms with Crippen molar-refractivity contribution in [2.45, 2.75) is 26.8 Å². The Morgan fingerprint density at radius 2 is 1.22 bits per heavy atom. The second-order valence-corrected chi connectivity index (χ2v) is 12.7. The lowest BCUT2D eigenvalue weighted by molar-refractivity contribution is 0.0848. The third kappa shape index (κ3) is 5.06. The molecule has 0 fully saturated rings. The Morgan fingerprint density at radius 1 is 0.750 bits per heavy atom. The Balaban J connectivity index is 1.90. The molecule has 0 aliphatic rings. The van der Waals surface area contributed by atoms with E-state index >= 15 is 4.57 Å². The highest BCUT2D eigenvalue weighted by Gasteiger charge is 2.33. The molecule has 0 aromatic heterocycles. The largest absolute Gasteiger partial charge is 0.394 e. The van der Waals surface area contributed by atoms with Crippen LogP contribution in [0.25, 0.3) is 11.1 Å². The van der Waals surface area contributed by atoms with Gasteiger partial charge in [0.05, 0.1) is 12.6 Å². The minimum Gasteiger partial charge on any atom is -0.394 e. The van der Waals surface area contributed by atoms with Gasteiger partial charge in [0, 0.05) is 21.5 Å². The monoisotopic (exact) mass is 497 g/mol. The first-order valence-electron chi connectivity index (χ1n) is 12.1. The van der Waals surface area contributed by atoms with Crippen molar-refractivity contribution in [3.05, 3.63) is 115 Å². The maximum atomic E-state index is 15.1. The van der Waals surface area contributed by atoms with Gasteiger partial charge in [-0.25, -0.2) is 0 Å². The molecule has 0 aliphatic heterocycles. The summed E-state index contributed by atoms with van der Waals surface area (Å²) in [4.78, 5) is 13.5. The Labute approximate surface area is 213 Å². The quantitative estimate of drug-likeness (QED) is 0.348. The van der Waals surface area contributed by atoms with Gasteiger partial charge in [-0.05, 0) is 22.6 Å². The maximum absolute atomic E-state index is 15.1. The summed E-state index contributed by atoms with van der Waals surface area (Å²) in [5.74, 6) is -0.274. The lowest BCUT2D eigenvalue weighted by atomic mass is 9.87. The van der Waals surface area contributed by atoms with Gasteiger partial charge < -0.3 is 15.0 Å². The van der Waals surface area contributed by atoms with Crippen LogP contribution in [0.15, 0.2) is 109 Å². The molecule has 0 spiro atoms. The second kappa shape index (κ2) is 10.7. The Bertz CT molecular complexity index is 1330. The van der Waals surface area contributed by atoms with Crippen LogP contribution < -0.4 is 21.2 Å². The maximum Gasteiger partial charge on any atom is 0.252 e. The number of hydrogen-bond acceptors (Lipinski definition) is 3. The highest BCUT2D eigenvalue weighted by Crippen LogP contribution is 2.45. The fraction of sp³-hybridized carbons (Fsp3) is 0.194. The normalized spacial score (nSPS) is 12.7. The van der Waals surface area contributed by atoms with Crippen LogP contribution in [0.5, 0.6) is 0 Å². The van der Waals surface area contributed by atoms with Crippen molar-refractivity contribution < 1.29 is 14.5 Å². The van der Waals surface area contributed by atoms with E-state index in [0.29, 0.717) is 16.4 Å². The molecule has 0 bridgehead atoms. The Hall–Kier alpha value is -3.46. The van der Waals surface area contributed by atoms with E-state index < -0.39 is 13.2 Å². The molecule has 36 heavy (non-hydrogen) atoms. The van der Waals surface area contributed by atoms with Gasteiger partial charge in [-0.1, -0.05) is 124 Å². The Morgan fingerprint density at radius 3 is 1.75 bits per heavy atom. The lowest BCUT2D eigenvalue weighted by Crippen LogP contribution is -2.46. The molecule has 2 N–H and O–H groups in total. The number of aliphatic hydroxyl groups excluding tert-OH is 1. The van der Waals surface area contributed by atoms with E-state index in [4.69, 9.17) is 0 Å². The molecule has 4 aromatic carbocycles. The molecule has 0 aliphatic carbocycles. The van der Waals surface area contributed by atoms with E-state index in [2.05, 4.69) is 5.32 Å². The first-order chi connectivity index (χ1) is 17.3. The number of aliphatic hydroxyl groups is 1. The standard InChI is InChI=1S/C31H32NO3P/c1-31(2,3)29(22-33)32-30(34)27-20-11-10-18-25(27)26-19-12-13-21-28(26)36(35,23-14-6-4-7-15-23)24-16-8-5-9-17-24/h4-21,29,33H,22H2,1-3H3,(H,32,34)/t29-/m1/s1. The van der Waals surface area contributed by atoms with Crippen molar-refractivity contribution in [2.75, 3.05) is 6.61 Å². The molecular formula is C31H32NO3P. The van der Waals surface area contributed by atoms with Gasteiger partial charge in [0.1, 0.15) is 0 Å². The summed E-state index contributed by atoms with van der Waals surface area (Å²) < 4.78 is 15.1. The zero-order chi connectivity index (χ0) is 25.8. The first kappa shape index (κ1) is 25.6. The van der Waals surface area contributed by atoms with Crippen LogP contribution in [0.4, 0.5) is 0 Å². The molecule has 4 rings (SSSR count). The predicted octanol–water partition coefficient (Wildman–Crippen LogP) is 5.13. The van der Waals surface area contributed by atoms with E-state index in [1.54, 1.807) is 6.07 Å². The zero-order valence-electron chi connectivity index (χ0n) is 20.9. The molecule has 0 saturated heterocycles. The van der Waals surface area contributed by atoms with Gasteiger partial charge in [0.2, 0.25) is 0 Å². The minimum absolute atomic E-state index is 0.161. The second-order valence-electron chi connectivity index (χ2n) is 9.92. The molecule has 0 heterocycles. The van der Waals surface area contributed by atoms with Gasteiger partial charge in [-0.2, -0.15) is 0 Å². The summed E-state index contributed by atoms with van der Waals surface area (Å²) >= 11 is 0. The van der Waals surface area contributed by atoms with Crippen LogP contribution in [-0.2, 0) is 4.57 Å². The summed E-state index contributed by atoms with van der Waals surface area (Å²) in [5, 5.41) is 15.0. The highest BCUT2D eigenvalue weighted by molar-refractivity contribution is 7.85. The molecule has 184 valence electrons. The molecule has 5 heteroatoms. The zero-order valence-corrected chi connectivity index (χ0v) is 21.8. The fourth-order valence-electron chi connectivity index (χ4n) is 4.37. The van der Waals surface area contributed by atoms with Crippen molar-refractivity contribution in [3.8, 4) is 11.1 Å². The lowest BCUT2D eigenvalue weighted by Gasteiger charge is -2.30. The van der Waals surface area contributed by atoms with Crippen molar-refractivity contribution >= 4 is 29.0 Å². The summed E-state index contributed by atoms with van der Waals surface area (Å²) in [6, 6.07) is 33.6. The number of benzene rings is 4. The van der Waals surface area contributed by atoms with Gasteiger partial charge >= 0.3 is 0 Å². The number of hydrogen-bond donors (Lipinski definition) is 2. The Kier molecular flexibility index (Phi) is 7.59. The van der Waals surface area contributed by atoms with Gasteiger partial charge in [0.15, 0.2) is 7.14 Å². The van der Waals surface area contributed by atoms with Crippen LogP contribution in [0.3, 0.4) is 0 Å². The number of nitrogens with one attached hydrogen (secondary N) is 1. The molecule has 0 radical (unpaired) electrons. The summed E-state index contributed by atoms with van der Waals surface area (Å²) in [7, 11) is -3.26. The highest BCUT2D eigenvalue weighted by atomic mass is 31.2. The van der Waals surface area contributed by atoms with Crippen molar-refractivity contribution in [2.24, 2.45) is 5.41 Å². The van der Waals surface area contributed by atoms with Gasteiger partial charge in [-0.3, -0.25) is 4.79 Å². The summed E-state index contributed by atoms with van der Waals surface area (Å²) in [6.07, 6.45) is 0. The van der Waals surface area contributed by atoms with Crippen LogP contribution in [0.2, 0.25) is 0 Å². The van der Waals surface area contributed by atoms with Crippen molar-refractivity contribution in [1.82, 2.24) is 5.32 Å². The van der Waals surface area contributed by atoms with Crippen molar-refractivity contribution in [1.29, 1.82) is 0 Å². The summed E-state index contributed by atoms with van der Waals surface area (Å²) in [6.45, 7) is 5.77. The predicted molar refractivity (Wildman–Crippen MR) is 149 cm³/mol. The third-order valence-electron chi connectivity index (χ3n) is 6.48. The molecule has 1 amide bonds. The van der Waals surface area contributed by atoms with Crippen LogP contribution in [0.1, 0.15) is 31.1 Å². The average molecular weight is 498 g/mol. The number of amides is 1. The van der Waals surface area contributed by atoms with E-state index in [0.717, 1.165) is 16.2 Å². The molecule has 0 unspecified atom stereocenters. The fourth-order valence-corrected chi connectivity index (χ4v) is 7.24. The van der Waals surface area contributed by atoms with E-state index in [1.807, 2.05) is 124 Å². The minimum atomic E-state index is -3.26. The van der Waals surface area contributed by atoms with Crippen LogP contribution in [-0.4, -0.2) is 23.7 Å². The van der Waals surface area contributed by atoms with Gasteiger partial charge in [-0.15, -0.1) is 0 Å². The number of rotatable bonds is 7. The summed E-state index contributed by atoms with van der Waals surface area (Å²) in [5.41, 5.74) is 1.60.